The molecule has 3 heteroatoms. The zero-order valence-corrected chi connectivity index (χ0v) is 9.93. The highest BCUT2D eigenvalue weighted by molar-refractivity contribution is 14.1. The number of nitrogens with zero attached hydrogens (tertiary/aromatic N) is 1. The zero-order valence-electron chi connectivity index (χ0n) is 7.77. The van der Waals surface area contributed by atoms with Gasteiger partial charge >= 0.3 is 0 Å². The van der Waals surface area contributed by atoms with Gasteiger partial charge in [0, 0.05) is 15.8 Å². The van der Waals surface area contributed by atoms with Crippen molar-refractivity contribution in [1.29, 1.82) is 0 Å². The van der Waals surface area contributed by atoms with E-state index < -0.39 is 5.95 Å². The lowest BCUT2D eigenvalue weighted by molar-refractivity contribution is 0.580. The van der Waals surface area contributed by atoms with E-state index >= 15 is 0 Å². The van der Waals surface area contributed by atoms with Crippen molar-refractivity contribution in [1.82, 2.24) is 4.98 Å². The van der Waals surface area contributed by atoms with E-state index in [2.05, 4.69) is 41.4 Å². The van der Waals surface area contributed by atoms with Gasteiger partial charge in [0.05, 0.1) is 0 Å². The molecule has 0 amide bonds. The highest BCUT2D eigenvalue weighted by atomic mass is 127. The monoisotopic (exact) mass is 292 g/mol. The van der Waals surface area contributed by atoms with Gasteiger partial charge in [-0.25, -0.2) is 4.98 Å². The van der Waals surface area contributed by atoms with E-state index in [9.17, 15) is 4.39 Å². The van der Waals surface area contributed by atoms with Crippen molar-refractivity contribution >= 4 is 22.6 Å². The molecule has 0 spiro atoms. The van der Waals surface area contributed by atoms with Crippen molar-refractivity contribution < 1.29 is 4.39 Å². The Kier molecular flexibility index (Phi) is 4.09. The maximum atomic E-state index is 12.6. The molecule has 0 saturated heterocycles. The zero-order chi connectivity index (χ0) is 9.84. The van der Waals surface area contributed by atoms with Crippen LogP contribution >= 0.6 is 22.6 Å². The van der Waals surface area contributed by atoms with Gasteiger partial charge in [-0.3, -0.25) is 0 Å². The first-order valence-electron chi connectivity index (χ1n) is 4.24. The fraction of sp³-hybridized carbons (Fsp3) is 0.400. The molecule has 0 aliphatic rings. The van der Waals surface area contributed by atoms with Crippen LogP contribution in [0.1, 0.15) is 25.8 Å². The predicted octanol–water partition coefficient (Wildman–Crippen LogP) is 3.37. The Labute approximate surface area is 91.9 Å². The smallest absolute Gasteiger partial charge is 0.213 e. The molecule has 0 N–H and O–H groups in total. The SMILES string of the molecule is CC[C](C)Cc1cnc(F)cc1I. The Balaban J connectivity index is 2.77. The van der Waals surface area contributed by atoms with Gasteiger partial charge in [-0.15, -0.1) is 0 Å². The Morgan fingerprint density at radius 3 is 2.85 bits per heavy atom. The van der Waals surface area contributed by atoms with Crippen LogP contribution in [0, 0.1) is 15.4 Å². The van der Waals surface area contributed by atoms with Gasteiger partial charge in [0.15, 0.2) is 0 Å². The lowest BCUT2D eigenvalue weighted by atomic mass is 10.0. The van der Waals surface area contributed by atoms with E-state index in [0.29, 0.717) is 0 Å². The minimum atomic E-state index is -0.401. The van der Waals surface area contributed by atoms with Crippen molar-refractivity contribution in [3.63, 3.8) is 0 Å². The molecule has 0 saturated carbocycles. The molecule has 1 radical (unpaired) electrons. The summed E-state index contributed by atoms with van der Waals surface area (Å²) in [5.41, 5.74) is 1.11. The predicted molar refractivity (Wildman–Crippen MR) is 59.8 cm³/mol. The first kappa shape index (κ1) is 10.9. The molecule has 1 rings (SSSR count). The van der Waals surface area contributed by atoms with Crippen molar-refractivity contribution in [2.24, 2.45) is 0 Å². The van der Waals surface area contributed by atoms with E-state index in [1.54, 1.807) is 6.20 Å². The van der Waals surface area contributed by atoms with E-state index in [0.717, 1.165) is 22.0 Å². The van der Waals surface area contributed by atoms with Gasteiger partial charge in [-0.2, -0.15) is 4.39 Å². The van der Waals surface area contributed by atoms with E-state index in [1.807, 2.05) is 0 Å². The molecule has 0 aliphatic heterocycles. The second-order valence-electron chi connectivity index (χ2n) is 3.09. The molecule has 0 unspecified atom stereocenters. The summed E-state index contributed by atoms with van der Waals surface area (Å²) in [6.45, 7) is 4.23. The Hall–Kier alpha value is -0.190. The molecule has 1 nitrogen and oxygen atoms in total. The van der Waals surface area contributed by atoms with E-state index in [-0.39, 0.29) is 0 Å². The van der Waals surface area contributed by atoms with Crippen LogP contribution in [-0.2, 0) is 6.42 Å². The largest absolute Gasteiger partial charge is 0.228 e. The molecule has 0 aliphatic carbocycles. The third-order valence-corrected chi connectivity index (χ3v) is 3.00. The maximum absolute atomic E-state index is 12.6. The summed E-state index contributed by atoms with van der Waals surface area (Å²) in [5, 5.41) is 0. The molecule has 0 atom stereocenters. The van der Waals surface area contributed by atoms with E-state index in [1.165, 1.54) is 12.0 Å². The Morgan fingerprint density at radius 1 is 1.62 bits per heavy atom. The molecule has 0 aromatic carbocycles. The van der Waals surface area contributed by atoms with Crippen LogP contribution in [0.2, 0.25) is 0 Å². The number of hydrogen-bond acceptors (Lipinski definition) is 1. The van der Waals surface area contributed by atoms with E-state index in [4.69, 9.17) is 0 Å². The summed E-state index contributed by atoms with van der Waals surface area (Å²) in [5.74, 6) is 0.994. The van der Waals surface area contributed by atoms with Gasteiger partial charge in [-0.05, 0) is 46.9 Å². The minimum Gasteiger partial charge on any atom is -0.228 e. The Morgan fingerprint density at radius 2 is 2.31 bits per heavy atom. The van der Waals surface area contributed by atoms with Crippen LogP contribution in [0.25, 0.3) is 0 Å². The molecule has 1 aromatic heterocycles. The highest BCUT2D eigenvalue weighted by Gasteiger charge is 2.06. The van der Waals surface area contributed by atoms with Crippen LogP contribution in [0.3, 0.4) is 0 Å². The van der Waals surface area contributed by atoms with Crippen molar-refractivity contribution in [3.05, 3.63) is 33.3 Å². The summed E-state index contributed by atoms with van der Waals surface area (Å²) < 4.78 is 13.6. The topological polar surface area (TPSA) is 12.9 Å². The summed E-state index contributed by atoms with van der Waals surface area (Å²) >= 11 is 2.14. The fourth-order valence-electron chi connectivity index (χ4n) is 1.02. The average molecular weight is 292 g/mol. The van der Waals surface area contributed by atoms with Crippen LogP contribution < -0.4 is 0 Å². The normalized spacial score (nSPS) is 10.8. The second kappa shape index (κ2) is 4.88. The number of rotatable bonds is 3. The maximum Gasteiger partial charge on any atom is 0.213 e. The molecule has 0 bridgehead atoms. The number of aromatic nitrogens is 1. The first-order valence-corrected chi connectivity index (χ1v) is 5.32. The quantitative estimate of drug-likeness (QED) is 0.615. The lowest BCUT2D eigenvalue weighted by Crippen LogP contribution is -1.99. The summed E-state index contributed by atoms with van der Waals surface area (Å²) in [6, 6.07) is 1.47. The molecule has 0 fully saturated rings. The number of pyridine rings is 1. The standard InChI is InChI=1S/C10H12FIN/c1-3-7(2)4-8-6-13-10(11)5-9(8)12/h5-6H,3-4H2,1-2H3. The van der Waals surface area contributed by atoms with Gasteiger partial charge in [0.2, 0.25) is 5.95 Å². The Bertz CT molecular complexity index is 288. The molecular formula is C10H12FIN. The van der Waals surface area contributed by atoms with Crippen molar-refractivity contribution in [2.75, 3.05) is 0 Å². The van der Waals surface area contributed by atoms with Crippen LogP contribution in [0.4, 0.5) is 4.39 Å². The highest BCUT2D eigenvalue weighted by Crippen LogP contribution is 2.18. The first-order chi connectivity index (χ1) is 6.13. The lowest BCUT2D eigenvalue weighted by Gasteiger charge is -2.08. The van der Waals surface area contributed by atoms with Crippen LogP contribution in [-0.4, -0.2) is 4.98 Å². The summed E-state index contributed by atoms with van der Waals surface area (Å²) in [4.78, 5) is 3.64. The minimum absolute atomic E-state index is 0.401. The average Bonchev–Trinajstić information content (AvgIpc) is 2.09. The molecule has 1 heterocycles. The number of hydrogen-bond donors (Lipinski definition) is 0. The number of halogens is 2. The molecular weight excluding hydrogens is 280 g/mol. The van der Waals surface area contributed by atoms with Gasteiger partial charge in [0.25, 0.3) is 0 Å². The molecule has 71 valence electrons. The van der Waals surface area contributed by atoms with Gasteiger partial charge in [-0.1, -0.05) is 13.8 Å². The van der Waals surface area contributed by atoms with Crippen LogP contribution in [0.5, 0.6) is 0 Å². The molecule has 1 aromatic rings. The third kappa shape index (κ3) is 3.21. The third-order valence-electron chi connectivity index (χ3n) is 1.99. The molecule has 13 heavy (non-hydrogen) atoms. The van der Waals surface area contributed by atoms with Crippen molar-refractivity contribution in [3.8, 4) is 0 Å². The van der Waals surface area contributed by atoms with Gasteiger partial charge in [0.1, 0.15) is 0 Å². The summed E-state index contributed by atoms with van der Waals surface area (Å²) in [6.07, 6.45) is 3.59. The van der Waals surface area contributed by atoms with Gasteiger partial charge < -0.3 is 0 Å². The van der Waals surface area contributed by atoms with Crippen LogP contribution in [0.15, 0.2) is 12.3 Å². The summed E-state index contributed by atoms with van der Waals surface area (Å²) in [7, 11) is 0. The fourth-order valence-corrected chi connectivity index (χ4v) is 1.60. The van der Waals surface area contributed by atoms with Crippen molar-refractivity contribution in [2.45, 2.75) is 26.7 Å². The second-order valence-corrected chi connectivity index (χ2v) is 4.25.